The summed E-state index contributed by atoms with van der Waals surface area (Å²) < 4.78 is 14.9. The van der Waals surface area contributed by atoms with Gasteiger partial charge in [0.25, 0.3) is 0 Å². The normalized spacial score (nSPS) is 28.8. The van der Waals surface area contributed by atoms with Gasteiger partial charge in [0, 0.05) is 10.8 Å². The molecule has 2 aliphatic carbocycles. The van der Waals surface area contributed by atoms with E-state index in [1.165, 1.54) is 62.5 Å². The van der Waals surface area contributed by atoms with Gasteiger partial charge in [-0.05, 0) is 73.1 Å². The molecular formula is C24H30BFS. The first-order chi connectivity index (χ1) is 13.1. The van der Waals surface area contributed by atoms with E-state index >= 15 is 0 Å². The first-order valence-corrected chi connectivity index (χ1v) is 11.2. The van der Waals surface area contributed by atoms with Crippen LogP contribution in [-0.4, -0.2) is 13.1 Å². The number of rotatable bonds is 3. The largest absolute Gasteiger partial charge is 0.206 e. The molecule has 0 amide bonds. The van der Waals surface area contributed by atoms with Gasteiger partial charge < -0.3 is 0 Å². The van der Waals surface area contributed by atoms with Gasteiger partial charge in [-0.25, -0.2) is 4.39 Å². The first-order valence-electron chi connectivity index (χ1n) is 10.7. The van der Waals surface area contributed by atoms with Crippen LogP contribution in [0, 0.1) is 5.82 Å². The number of hydrogen-bond acceptors (Lipinski definition) is 1. The predicted octanol–water partition coefficient (Wildman–Crippen LogP) is 6.53. The summed E-state index contributed by atoms with van der Waals surface area (Å²) in [5.74, 6) is 1.93. The highest BCUT2D eigenvalue weighted by Crippen LogP contribution is 2.39. The molecule has 0 bridgehead atoms. The van der Waals surface area contributed by atoms with Crippen molar-refractivity contribution in [1.29, 1.82) is 0 Å². The fraction of sp³-hybridized carbons (Fsp3) is 0.500. The van der Waals surface area contributed by atoms with Gasteiger partial charge in [-0.3, -0.25) is 0 Å². The van der Waals surface area contributed by atoms with Crippen molar-refractivity contribution in [3.63, 3.8) is 0 Å². The lowest BCUT2D eigenvalue weighted by Gasteiger charge is -2.27. The van der Waals surface area contributed by atoms with Gasteiger partial charge in [0.15, 0.2) is 0 Å². The van der Waals surface area contributed by atoms with Gasteiger partial charge in [-0.15, -0.1) is 0 Å². The Balaban J connectivity index is 1.48. The van der Waals surface area contributed by atoms with Crippen LogP contribution in [0.4, 0.5) is 4.39 Å². The summed E-state index contributed by atoms with van der Waals surface area (Å²) in [5.41, 5.74) is 4.30. The van der Waals surface area contributed by atoms with Gasteiger partial charge in [-0.1, -0.05) is 55.1 Å². The highest BCUT2D eigenvalue weighted by Gasteiger charge is 2.22. The molecule has 0 heterocycles. The maximum absolute atomic E-state index is 14.9. The van der Waals surface area contributed by atoms with E-state index in [4.69, 9.17) is 0 Å². The summed E-state index contributed by atoms with van der Waals surface area (Å²) in [7, 11) is 2.33. The fourth-order valence-corrected chi connectivity index (χ4v) is 5.25. The Hall–Kier alpha value is -1.22. The summed E-state index contributed by atoms with van der Waals surface area (Å²) in [6.07, 6.45) is 9.77. The van der Waals surface area contributed by atoms with E-state index < -0.39 is 0 Å². The fourth-order valence-electron chi connectivity index (χ4n) is 4.96. The molecule has 2 aromatic carbocycles. The molecule has 0 atom stereocenters. The highest BCUT2D eigenvalue weighted by atomic mass is 32.1. The van der Waals surface area contributed by atoms with Crippen molar-refractivity contribution in [2.75, 3.05) is 0 Å². The van der Waals surface area contributed by atoms with Gasteiger partial charge in [0.2, 0.25) is 0 Å². The van der Waals surface area contributed by atoms with Crippen molar-refractivity contribution in [3.05, 3.63) is 59.4 Å². The molecule has 0 aliphatic heterocycles. The van der Waals surface area contributed by atoms with E-state index in [-0.39, 0.29) is 5.82 Å². The van der Waals surface area contributed by atoms with Gasteiger partial charge in [-0.2, -0.15) is 12.6 Å². The number of benzene rings is 2. The van der Waals surface area contributed by atoms with Crippen LogP contribution in [0.5, 0.6) is 0 Å². The molecule has 4 rings (SSSR count). The highest BCUT2D eigenvalue weighted by molar-refractivity contribution is 7.80. The second-order valence-electron chi connectivity index (χ2n) is 8.82. The Morgan fingerprint density at radius 3 is 1.93 bits per heavy atom. The second kappa shape index (κ2) is 8.43. The molecule has 2 aliphatic rings. The van der Waals surface area contributed by atoms with E-state index in [1.807, 2.05) is 6.07 Å². The third-order valence-corrected chi connectivity index (χ3v) is 7.39. The van der Waals surface area contributed by atoms with Crippen LogP contribution < -0.4 is 0 Å². The molecule has 27 heavy (non-hydrogen) atoms. The van der Waals surface area contributed by atoms with Crippen LogP contribution in [0.2, 0.25) is 5.82 Å². The van der Waals surface area contributed by atoms with Gasteiger partial charge in [0.05, 0.1) is 0 Å². The maximum atomic E-state index is 14.9. The Bertz CT molecular complexity index is 756. The summed E-state index contributed by atoms with van der Waals surface area (Å²) in [5, 5.41) is 0.570. The number of halogens is 1. The Kier molecular flexibility index (Phi) is 5.97. The average molecular weight is 380 g/mol. The van der Waals surface area contributed by atoms with Crippen molar-refractivity contribution in [2.24, 2.45) is 0 Å². The molecular weight excluding hydrogens is 350 g/mol. The molecule has 0 nitrogen and oxygen atoms in total. The van der Waals surface area contributed by atoms with E-state index in [0.717, 1.165) is 16.9 Å². The van der Waals surface area contributed by atoms with Gasteiger partial charge in [0.1, 0.15) is 13.7 Å². The lowest BCUT2D eigenvalue weighted by atomic mass is 9.70. The molecule has 0 unspecified atom stereocenters. The topological polar surface area (TPSA) is 0 Å². The number of thiol groups is 1. The van der Waals surface area contributed by atoms with Crippen LogP contribution in [-0.2, 0) is 0 Å². The quantitative estimate of drug-likeness (QED) is 0.454. The number of hydrogen-bond donors (Lipinski definition) is 1. The van der Waals surface area contributed by atoms with Crippen LogP contribution in [0.15, 0.2) is 42.5 Å². The van der Waals surface area contributed by atoms with Crippen molar-refractivity contribution in [3.8, 4) is 11.1 Å². The van der Waals surface area contributed by atoms with Crippen LogP contribution >= 0.6 is 12.6 Å². The molecule has 0 spiro atoms. The molecule has 142 valence electrons. The van der Waals surface area contributed by atoms with Crippen molar-refractivity contribution in [1.82, 2.24) is 0 Å². The maximum Gasteiger partial charge on any atom is 0.131 e. The van der Waals surface area contributed by atoms with Crippen LogP contribution in [0.3, 0.4) is 0 Å². The van der Waals surface area contributed by atoms with Crippen LogP contribution in [0.1, 0.15) is 74.3 Å². The van der Waals surface area contributed by atoms with E-state index in [2.05, 4.69) is 50.8 Å². The second-order valence-corrected chi connectivity index (χ2v) is 9.55. The SMILES string of the molecule is BC1CCC(c2ccc(-c3ccc(C4CCC(S)CC4)cc3)c(F)c2)CC1. The standard InChI is InChI=1S/C24H30BFS/c25-21-10-5-18(6-11-21)20-9-14-23(24(26)15-20)19-3-1-16(2-4-19)17-7-12-22(27)13-8-17/h1-4,9,14-15,17-18,21-22,27H,5-8,10-13,25H2. The Morgan fingerprint density at radius 1 is 0.741 bits per heavy atom. The Morgan fingerprint density at radius 2 is 1.30 bits per heavy atom. The lowest BCUT2D eigenvalue weighted by Crippen LogP contribution is -2.12. The van der Waals surface area contributed by atoms with Crippen LogP contribution in [0.25, 0.3) is 11.1 Å². The molecule has 0 N–H and O–H groups in total. The van der Waals surface area contributed by atoms with Crippen molar-refractivity contribution >= 4 is 20.5 Å². The lowest BCUT2D eigenvalue weighted by molar-refractivity contribution is 0.442. The minimum atomic E-state index is -0.0746. The molecule has 2 aromatic rings. The molecule has 0 aromatic heterocycles. The summed E-state index contributed by atoms with van der Waals surface area (Å²) >= 11 is 4.60. The molecule has 3 heteroatoms. The third kappa shape index (κ3) is 4.45. The monoisotopic (exact) mass is 380 g/mol. The molecule has 0 radical (unpaired) electrons. The third-order valence-electron chi connectivity index (χ3n) is 6.87. The van der Waals surface area contributed by atoms with Crippen molar-refractivity contribution < 1.29 is 4.39 Å². The first kappa shape index (κ1) is 19.1. The zero-order valence-electron chi connectivity index (χ0n) is 16.3. The minimum Gasteiger partial charge on any atom is -0.206 e. The Labute approximate surface area is 169 Å². The van der Waals surface area contributed by atoms with E-state index in [0.29, 0.717) is 17.1 Å². The zero-order chi connectivity index (χ0) is 18.8. The summed E-state index contributed by atoms with van der Waals surface area (Å²) in [4.78, 5) is 0. The summed E-state index contributed by atoms with van der Waals surface area (Å²) in [6.45, 7) is 0. The predicted molar refractivity (Wildman–Crippen MR) is 119 cm³/mol. The summed E-state index contributed by atoms with van der Waals surface area (Å²) in [6, 6.07) is 14.5. The minimum absolute atomic E-state index is 0.0746. The zero-order valence-corrected chi connectivity index (χ0v) is 17.2. The van der Waals surface area contributed by atoms with Gasteiger partial charge >= 0.3 is 0 Å². The van der Waals surface area contributed by atoms with E-state index in [9.17, 15) is 4.39 Å². The van der Waals surface area contributed by atoms with Crippen molar-refractivity contribution in [2.45, 2.75) is 74.3 Å². The molecule has 0 saturated heterocycles. The average Bonchev–Trinajstić information content (AvgIpc) is 2.69. The molecule has 2 fully saturated rings. The molecule has 2 saturated carbocycles. The smallest absolute Gasteiger partial charge is 0.131 e. The van der Waals surface area contributed by atoms with E-state index in [1.54, 1.807) is 6.07 Å².